The first kappa shape index (κ1) is 13.5. The van der Waals surface area contributed by atoms with Crippen molar-refractivity contribution in [3.63, 3.8) is 0 Å². The second-order valence-corrected chi connectivity index (χ2v) is 5.07. The summed E-state index contributed by atoms with van der Waals surface area (Å²) in [6.07, 6.45) is 6.31. The minimum absolute atomic E-state index is 0.667. The highest BCUT2D eigenvalue weighted by molar-refractivity contribution is 5.79. The van der Waals surface area contributed by atoms with Crippen molar-refractivity contribution in [2.75, 3.05) is 6.61 Å². The molecule has 0 spiro atoms. The number of hydrogen-bond acceptors (Lipinski definition) is 4. The van der Waals surface area contributed by atoms with E-state index >= 15 is 0 Å². The monoisotopic (exact) mass is 282 g/mol. The van der Waals surface area contributed by atoms with Gasteiger partial charge in [0.25, 0.3) is 0 Å². The molecule has 21 heavy (non-hydrogen) atoms. The summed E-state index contributed by atoms with van der Waals surface area (Å²) in [5.41, 5.74) is 3.81. The normalized spacial score (nSPS) is 11.0. The summed E-state index contributed by atoms with van der Waals surface area (Å²) in [4.78, 5) is 13.3. The summed E-state index contributed by atoms with van der Waals surface area (Å²) in [6, 6.07) is 3.97. The van der Waals surface area contributed by atoms with E-state index in [1.807, 2.05) is 36.9 Å². The molecule has 0 saturated carbocycles. The predicted octanol–water partition coefficient (Wildman–Crippen LogP) is 3.13. The topological polar surface area (TPSA) is 52.8 Å². The lowest BCUT2D eigenvalue weighted by molar-refractivity contribution is 0.317. The van der Waals surface area contributed by atoms with Crippen molar-refractivity contribution >= 4 is 11.2 Å². The van der Waals surface area contributed by atoms with E-state index in [9.17, 15) is 0 Å². The summed E-state index contributed by atoms with van der Waals surface area (Å²) in [5.74, 6) is 1.60. The molecule has 3 heterocycles. The van der Waals surface area contributed by atoms with Crippen LogP contribution in [0.1, 0.15) is 18.9 Å². The van der Waals surface area contributed by atoms with Crippen LogP contribution < -0.4 is 4.74 Å². The fourth-order valence-corrected chi connectivity index (χ4v) is 2.31. The maximum atomic E-state index is 5.78. The van der Waals surface area contributed by atoms with Gasteiger partial charge in [0.2, 0.25) is 0 Å². The molecule has 0 amide bonds. The van der Waals surface area contributed by atoms with Crippen molar-refractivity contribution in [3.05, 3.63) is 36.3 Å². The molecule has 0 aromatic carbocycles. The minimum atomic E-state index is 0.667. The van der Waals surface area contributed by atoms with Crippen LogP contribution >= 0.6 is 0 Å². The lowest BCUT2D eigenvalue weighted by Crippen LogP contribution is -2.00. The molecular weight excluding hydrogens is 264 g/mol. The fourth-order valence-electron chi connectivity index (χ4n) is 2.31. The van der Waals surface area contributed by atoms with Crippen LogP contribution in [0.15, 0.2) is 30.7 Å². The maximum absolute atomic E-state index is 5.78. The fraction of sp³-hybridized carbons (Fsp3) is 0.312. The number of aryl methyl sites for hydroxylation is 2. The number of aromatic nitrogens is 4. The van der Waals surface area contributed by atoms with Crippen LogP contribution in [-0.2, 0) is 7.05 Å². The quantitative estimate of drug-likeness (QED) is 0.737. The average Bonchev–Trinajstić information content (AvgIpc) is 2.81. The van der Waals surface area contributed by atoms with E-state index in [4.69, 9.17) is 9.72 Å². The first-order chi connectivity index (χ1) is 10.2. The number of rotatable bonds is 4. The van der Waals surface area contributed by atoms with Crippen LogP contribution in [0.4, 0.5) is 0 Å². The van der Waals surface area contributed by atoms with Gasteiger partial charge in [0.15, 0.2) is 5.65 Å². The van der Waals surface area contributed by atoms with E-state index in [-0.39, 0.29) is 0 Å². The third kappa shape index (κ3) is 2.46. The Morgan fingerprint density at radius 3 is 2.95 bits per heavy atom. The Labute approximate surface area is 123 Å². The van der Waals surface area contributed by atoms with Crippen LogP contribution in [-0.4, -0.2) is 26.1 Å². The lowest BCUT2D eigenvalue weighted by atomic mass is 10.2. The Bertz CT molecular complexity index is 779. The summed E-state index contributed by atoms with van der Waals surface area (Å²) < 4.78 is 7.77. The van der Waals surface area contributed by atoms with E-state index < -0.39 is 0 Å². The standard InChI is InChI=1S/C16H18N4O/c1-4-7-21-14-10-17-6-5-12(14)15-19-13-8-11(2)9-18-16(13)20(15)3/h5-6,8-10H,4,7H2,1-3H3. The summed E-state index contributed by atoms with van der Waals surface area (Å²) in [5, 5.41) is 0. The van der Waals surface area contributed by atoms with E-state index in [1.54, 1.807) is 12.4 Å². The Hall–Kier alpha value is -2.43. The van der Waals surface area contributed by atoms with Crippen molar-refractivity contribution in [2.24, 2.45) is 7.05 Å². The number of imidazole rings is 1. The highest BCUT2D eigenvalue weighted by Gasteiger charge is 2.15. The first-order valence-electron chi connectivity index (χ1n) is 7.07. The van der Waals surface area contributed by atoms with Crippen LogP contribution in [0, 0.1) is 6.92 Å². The summed E-state index contributed by atoms with van der Waals surface area (Å²) in [7, 11) is 1.97. The summed E-state index contributed by atoms with van der Waals surface area (Å²) >= 11 is 0. The van der Waals surface area contributed by atoms with Crippen molar-refractivity contribution in [1.29, 1.82) is 0 Å². The van der Waals surface area contributed by atoms with Gasteiger partial charge in [-0.25, -0.2) is 9.97 Å². The first-order valence-corrected chi connectivity index (χ1v) is 7.07. The number of pyridine rings is 2. The molecule has 5 heteroatoms. The molecule has 0 saturated heterocycles. The molecule has 0 aliphatic carbocycles. The van der Waals surface area contributed by atoms with Gasteiger partial charge in [-0.2, -0.15) is 0 Å². The molecule has 0 fully saturated rings. The Balaban J connectivity index is 2.14. The number of nitrogens with zero attached hydrogens (tertiary/aromatic N) is 4. The molecule has 3 rings (SSSR count). The molecule has 0 aliphatic heterocycles. The third-order valence-corrected chi connectivity index (χ3v) is 3.33. The largest absolute Gasteiger partial charge is 0.491 e. The van der Waals surface area contributed by atoms with Gasteiger partial charge >= 0.3 is 0 Å². The molecule has 0 unspecified atom stereocenters. The highest BCUT2D eigenvalue weighted by atomic mass is 16.5. The van der Waals surface area contributed by atoms with E-state index in [0.29, 0.717) is 6.61 Å². The van der Waals surface area contributed by atoms with E-state index in [1.165, 1.54) is 0 Å². The van der Waals surface area contributed by atoms with Crippen LogP contribution in [0.5, 0.6) is 5.75 Å². The molecule has 0 N–H and O–H groups in total. The molecule has 0 bridgehead atoms. The number of hydrogen-bond donors (Lipinski definition) is 0. The molecule has 3 aromatic rings. The smallest absolute Gasteiger partial charge is 0.160 e. The van der Waals surface area contributed by atoms with Gasteiger partial charge < -0.3 is 9.30 Å². The second kappa shape index (κ2) is 5.52. The van der Waals surface area contributed by atoms with Crippen molar-refractivity contribution in [3.8, 4) is 17.1 Å². The highest BCUT2D eigenvalue weighted by Crippen LogP contribution is 2.30. The minimum Gasteiger partial charge on any atom is -0.491 e. The zero-order valence-electron chi connectivity index (χ0n) is 12.5. The summed E-state index contributed by atoms with van der Waals surface area (Å²) in [6.45, 7) is 4.76. The van der Waals surface area contributed by atoms with Gasteiger partial charge in [-0.1, -0.05) is 6.92 Å². The van der Waals surface area contributed by atoms with Gasteiger partial charge in [0.05, 0.1) is 18.4 Å². The molecule has 5 nitrogen and oxygen atoms in total. The lowest BCUT2D eigenvalue weighted by Gasteiger charge is -2.09. The third-order valence-electron chi connectivity index (χ3n) is 3.33. The van der Waals surface area contributed by atoms with Gasteiger partial charge in [0, 0.05) is 19.4 Å². The number of ether oxygens (including phenoxy) is 1. The van der Waals surface area contributed by atoms with Crippen LogP contribution in [0.3, 0.4) is 0 Å². The molecule has 0 atom stereocenters. The van der Waals surface area contributed by atoms with Gasteiger partial charge in [-0.15, -0.1) is 0 Å². The van der Waals surface area contributed by atoms with Crippen LogP contribution in [0.25, 0.3) is 22.6 Å². The molecule has 108 valence electrons. The van der Waals surface area contributed by atoms with Gasteiger partial charge in [-0.3, -0.25) is 4.98 Å². The van der Waals surface area contributed by atoms with Gasteiger partial charge in [0.1, 0.15) is 17.1 Å². The molecular formula is C16H18N4O. The zero-order valence-corrected chi connectivity index (χ0v) is 12.5. The van der Waals surface area contributed by atoms with E-state index in [2.05, 4.69) is 16.9 Å². The Morgan fingerprint density at radius 1 is 1.29 bits per heavy atom. The molecule has 3 aromatic heterocycles. The maximum Gasteiger partial charge on any atom is 0.160 e. The molecule has 0 radical (unpaired) electrons. The van der Waals surface area contributed by atoms with E-state index in [0.717, 1.165) is 40.3 Å². The van der Waals surface area contributed by atoms with Crippen LogP contribution in [0.2, 0.25) is 0 Å². The number of fused-ring (bicyclic) bond motifs is 1. The SMILES string of the molecule is CCCOc1cnccc1-c1nc2cc(C)cnc2n1C. The molecule has 0 aliphatic rings. The average molecular weight is 282 g/mol. The predicted molar refractivity (Wildman–Crippen MR) is 82.3 cm³/mol. The van der Waals surface area contributed by atoms with Gasteiger partial charge in [-0.05, 0) is 31.0 Å². The second-order valence-electron chi connectivity index (χ2n) is 5.07. The Morgan fingerprint density at radius 2 is 2.14 bits per heavy atom. The van der Waals surface area contributed by atoms with Crippen molar-refractivity contribution in [1.82, 2.24) is 19.5 Å². The zero-order chi connectivity index (χ0) is 14.8. The van der Waals surface area contributed by atoms with Crippen molar-refractivity contribution in [2.45, 2.75) is 20.3 Å². The van der Waals surface area contributed by atoms with Crippen molar-refractivity contribution < 1.29 is 4.74 Å². The Kier molecular flexibility index (Phi) is 3.56.